The fourth-order valence-corrected chi connectivity index (χ4v) is 4.33. The highest BCUT2D eigenvalue weighted by Crippen LogP contribution is 2.31. The van der Waals surface area contributed by atoms with Crippen LogP contribution in [0.15, 0.2) is 36.4 Å². The van der Waals surface area contributed by atoms with E-state index in [0.717, 1.165) is 10.6 Å². The van der Waals surface area contributed by atoms with Crippen LogP contribution >= 0.6 is 34.8 Å². The molecule has 7 nitrogen and oxygen atoms in total. The van der Waals surface area contributed by atoms with Crippen LogP contribution in [0.4, 0.5) is 11.4 Å². The van der Waals surface area contributed by atoms with E-state index in [0.29, 0.717) is 10.7 Å². The fraction of sp³-hybridized carbons (Fsp3) is 0.300. The largest absolute Gasteiger partial charge is 0.462 e. The van der Waals surface area contributed by atoms with E-state index in [4.69, 9.17) is 39.5 Å². The van der Waals surface area contributed by atoms with E-state index in [1.807, 2.05) is 0 Å². The molecule has 0 saturated carbocycles. The molecular formula is C20H21Cl3N2O5S. The number of anilines is 2. The molecule has 0 aliphatic carbocycles. The molecule has 0 unspecified atom stereocenters. The second-order valence-corrected chi connectivity index (χ2v) is 9.66. The lowest BCUT2D eigenvalue weighted by Gasteiger charge is -2.23. The van der Waals surface area contributed by atoms with Gasteiger partial charge < -0.3 is 10.1 Å². The van der Waals surface area contributed by atoms with Gasteiger partial charge in [-0.1, -0.05) is 34.8 Å². The third-order valence-corrected chi connectivity index (χ3v) is 6.14. The van der Waals surface area contributed by atoms with Crippen LogP contribution in [0.5, 0.6) is 0 Å². The standard InChI is InChI=1S/C20H21Cl3N2O5S/c1-3-30-20(27)13-6-9-17(16(23)11-13)24-19(26)5-4-10-25(31(2,28)29)18-12-14(21)7-8-15(18)22/h6-9,11-12H,3-5,10H2,1-2H3,(H,24,26). The quantitative estimate of drug-likeness (QED) is 0.482. The number of esters is 1. The Morgan fingerprint density at radius 2 is 1.77 bits per heavy atom. The van der Waals surface area contributed by atoms with Crippen molar-refractivity contribution in [2.45, 2.75) is 19.8 Å². The molecule has 168 valence electrons. The number of carbonyl (C=O) groups excluding carboxylic acids is 2. The molecule has 31 heavy (non-hydrogen) atoms. The SMILES string of the molecule is CCOC(=O)c1ccc(NC(=O)CCCN(c2cc(Cl)ccc2Cl)S(C)(=O)=O)c(Cl)c1. The molecular weight excluding hydrogens is 487 g/mol. The first kappa shape index (κ1) is 25.3. The molecule has 0 saturated heterocycles. The van der Waals surface area contributed by atoms with Crippen LogP contribution in [-0.2, 0) is 19.6 Å². The Labute approximate surface area is 196 Å². The average molecular weight is 508 g/mol. The van der Waals surface area contributed by atoms with Crippen molar-refractivity contribution in [2.24, 2.45) is 0 Å². The second-order valence-electron chi connectivity index (χ2n) is 6.50. The Morgan fingerprint density at radius 3 is 2.39 bits per heavy atom. The molecule has 0 atom stereocenters. The molecule has 1 N–H and O–H groups in total. The molecule has 0 aliphatic heterocycles. The zero-order valence-corrected chi connectivity index (χ0v) is 19.9. The minimum atomic E-state index is -3.64. The van der Waals surface area contributed by atoms with Crippen molar-refractivity contribution in [3.05, 3.63) is 57.0 Å². The Balaban J connectivity index is 2.01. The summed E-state index contributed by atoms with van der Waals surface area (Å²) in [7, 11) is -3.64. The fourth-order valence-electron chi connectivity index (χ4n) is 2.70. The van der Waals surface area contributed by atoms with Gasteiger partial charge in [0.25, 0.3) is 0 Å². The molecule has 0 bridgehead atoms. The minimum Gasteiger partial charge on any atom is -0.462 e. The summed E-state index contributed by atoms with van der Waals surface area (Å²) in [6, 6.07) is 8.91. The lowest BCUT2D eigenvalue weighted by atomic mass is 10.2. The molecule has 0 aliphatic rings. The van der Waals surface area contributed by atoms with Gasteiger partial charge in [0.1, 0.15) is 0 Å². The van der Waals surface area contributed by atoms with Gasteiger partial charge in [0.2, 0.25) is 15.9 Å². The molecule has 0 spiro atoms. The van der Waals surface area contributed by atoms with Gasteiger partial charge in [-0.25, -0.2) is 13.2 Å². The maximum absolute atomic E-state index is 12.3. The van der Waals surface area contributed by atoms with Crippen LogP contribution in [0.1, 0.15) is 30.1 Å². The molecule has 2 aromatic carbocycles. The molecule has 11 heteroatoms. The van der Waals surface area contributed by atoms with E-state index in [-0.39, 0.29) is 53.2 Å². The Kier molecular flexibility index (Phi) is 9.00. The van der Waals surface area contributed by atoms with E-state index in [1.54, 1.807) is 13.0 Å². The average Bonchev–Trinajstić information content (AvgIpc) is 2.68. The van der Waals surface area contributed by atoms with Crippen LogP contribution < -0.4 is 9.62 Å². The van der Waals surface area contributed by atoms with Crippen molar-refractivity contribution in [1.82, 2.24) is 0 Å². The maximum atomic E-state index is 12.3. The highest BCUT2D eigenvalue weighted by Gasteiger charge is 2.21. The molecule has 1 amide bonds. The van der Waals surface area contributed by atoms with E-state index in [2.05, 4.69) is 5.32 Å². The summed E-state index contributed by atoms with van der Waals surface area (Å²) in [6.45, 7) is 1.96. The van der Waals surface area contributed by atoms with Gasteiger partial charge in [0.05, 0.1) is 39.8 Å². The summed E-state index contributed by atoms with van der Waals surface area (Å²) >= 11 is 18.2. The monoisotopic (exact) mass is 506 g/mol. The normalized spacial score (nSPS) is 11.1. The number of carbonyl (C=O) groups is 2. The first-order valence-corrected chi connectivity index (χ1v) is 12.2. The van der Waals surface area contributed by atoms with Crippen LogP contribution in [-0.4, -0.2) is 39.7 Å². The van der Waals surface area contributed by atoms with E-state index in [1.165, 1.54) is 30.3 Å². The summed E-state index contributed by atoms with van der Waals surface area (Å²) in [4.78, 5) is 24.0. The number of halogens is 3. The number of nitrogens with zero attached hydrogens (tertiary/aromatic N) is 1. The van der Waals surface area contributed by atoms with Crippen molar-refractivity contribution < 1.29 is 22.7 Å². The second kappa shape index (κ2) is 11.0. The number of nitrogens with one attached hydrogen (secondary N) is 1. The first-order chi connectivity index (χ1) is 14.5. The zero-order chi connectivity index (χ0) is 23.2. The zero-order valence-electron chi connectivity index (χ0n) is 16.8. The molecule has 0 fully saturated rings. The van der Waals surface area contributed by atoms with Gasteiger partial charge in [0, 0.05) is 18.0 Å². The van der Waals surface area contributed by atoms with Crippen molar-refractivity contribution >= 4 is 68.1 Å². The number of benzene rings is 2. The van der Waals surface area contributed by atoms with Gasteiger partial charge >= 0.3 is 5.97 Å². The predicted molar refractivity (Wildman–Crippen MR) is 124 cm³/mol. The van der Waals surface area contributed by atoms with Crippen LogP contribution in [0.2, 0.25) is 15.1 Å². The summed E-state index contributed by atoms with van der Waals surface area (Å²) in [6.07, 6.45) is 1.30. The van der Waals surface area contributed by atoms with Gasteiger partial charge in [-0.05, 0) is 49.7 Å². The third-order valence-electron chi connectivity index (χ3n) is 4.10. The van der Waals surface area contributed by atoms with Crippen LogP contribution in [0, 0.1) is 0 Å². The van der Waals surface area contributed by atoms with Gasteiger partial charge in [-0.2, -0.15) is 0 Å². The molecule has 0 heterocycles. The number of ether oxygens (including phenoxy) is 1. The summed E-state index contributed by atoms with van der Waals surface area (Å²) in [5.41, 5.74) is 0.847. The third kappa shape index (κ3) is 7.28. The van der Waals surface area contributed by atoms with Gasteiger partial charge in [0.15, 0.2) is 0 Å². The number of rotatable bonds is 9. The number of hydrogen-bond donors (Lipinski definition) is 1. The minimum absolute atomic E-state index is 0.0279. The van der Waals surface area contributed by atoms with Crippen LogP contribution in [0.3, 0.4) is 0 Å². The number of sulfonamides is 1. The van der Waals surface area contributed by atoms with Crippen LogP contribution in [0.25, 0.3) is 0 Å². The van der Waals surface area contributed by atoms with Crippen molar-refractivity contribution in [2.75, 3.05) is 29.0 Å². The summed E-state index contributed by atoms with van der Waals surface area (Å²) in [5.74, 6) is -0.876. The first-order valence-electron chi connectivity index (χ1n) is 9.22. The van der Waals surface area contributed by atoms with Gasteiger partial charge in [-0.3, -0.25) is 9.10 Å². The van der Waals surface area contributed by atoms with E-state index >= 15 is 0 Å². The Hall–Kier alpha value is -2.00. The molecule has 2 aromatic rings. The highest BCUT2D eigenvalue weighted by molar-refractivity contribution is 7.92. The van der Waals surface area contributed by atoms with Crippen molar-refractivity contribution in [3.63, 3.8) is 0 Å². The lowest BCUT2D eigenvalue weighted by molar-refractivity contribution is -0.116. The maximum Gasteiger partial charge on any atom is 0.338 e. The molecule has 0 radical (unpaired) electrons. The topological polar surface area (TPSA) is 92.8 Å². The highest BCUT2D eigenvalue weighted by atomic mass is 35.5. The van der Waals surface area contributed by atoms with Crippen molar-refractivity contribution in [1.29, 1.82) is 0 Å². The summed E-state index contributed by atoms with van der Waals surface area (Å²) < 4.78 is 30.4. The van der Waals surface area contributed by atoms with E-state index < -0.39 is 16.0 Å². The molecule has 0 aromatic heterocycles. The lowest BCUT2D eigenvalue weighted by Crippen LogP contribution is -2.31. The predicted octanol–water partition coefficient (Wildman–Crippen LogP) is 5.01. The van der Waals surface area contributed by atoms with E-state index in [9.17, 15) is 18.0 Å². The number of hydrogen-bond acceptors (Lipinski definition) is 5. The Morgan fingerprint density at radius 1 is 1.06 bits per heavy atom. The Bertz CT molecular complexity index is 1080. The smallest absolute Gasteiger partial charge is 0.338 e. The summed E-state index contributed by atoms with van der Waals surface area (Å²) in [5, 5.41) is 3.39. The number of amides is 1. The molecule has 2 rings (SSSR count). The van der Waals surface area contributed by atoms with Crippen molar-refractivity contribution in [3.8, 4) is 0 Å². The van der Waals surface area contributed by atoms with Gasteiger partial charge in [-0.15, -0.1) is 0 Å².